The fourth-order valence-corrected chi connectivity index (χ4v) is 2.88. The van der Waals surface area contributed by atoms with Crippen LogP contribution in [0.2, 0.25) is 0 Å². The van der Waals surface area contributed by atoms with E-state index in [-0.39, 0.29) is 0 Å². The van der Waals surface area contributed by atoms with E-state index in [0.29, 0.717) is 5.92 Å². The second-order valence-electron chi connectivity index (χ2n) is 5.11. The van der Waals surface area contributed by atoms with Crippen molar-refractivity contribution in [3.63, 3.8) is 0 Å². The monoisotopic (exact) mass is 218 g/mol. The Hall–Kier alpha value is -1.16. The van der Waals surface area contributed by atoms with Gasteiger partial charge in [-0.15, -0.1) is 0 Å². The number of hydrogen-bond acceptors (Lipinski definition) is 4. The smallest absolute Gasteiger partial charge is 0.146 e. The molecule has 16 heavy (non-hydrogen) atoms. The first-order chi connectivity index (χ1) is 7.74. The van der Waals surface area contributed by atoms with Crippen molar-refractivity contribution in [2.24, 2.45) is 5.92 Å². The summed E-state index contributed by atoms with van der Waals surface area (Å²) in [5.74, 6) is 2.39. The molecule has 4 heteroatoms. The van der Waals surface area contributed by atoms with E-state index in [1.165, 1.54) is 31.7 Å². The summed E-state index contributed by atoms with van der Waals surface area (Å²) in [4.78, 5) is 13.6. The third-order valence-corrected chi connectivity index (χ3v) is 3.81. The summed E-state index contributed by atoms with van der Waals surface area (Å²) in [5, 5.41) is 0. The predicted octanol–water partition coefficient (Wildman–Crippen LogP) is 0.962. The van der Waals surface area contributed by atoms with Gasteiger partial charge in [0.25, 0.3) is 0 Å². The van der Waals surface area contributed by atoms with Crippen LogP contribution in [0.1, 0.15) is 18.0 Å². The summed E-state index contributed by atoms with van der Waals surface area (Å²) in [7, 11) is 4.02. The van der Waals surface area contributed by atoms with Gasteiger partial charge in [0.05, 0.1) is 11.9 Å². The molecule has 0 aliphatic carbocycles. The summed E-state index contributed by atoms with van der Waals surface area (Å²) in [6, 6.07) is 0. The third kappa shape index (κ3) is 1.57. The van der Waals surface area contributed by atoms with Crippen LogP contribution < -0.4 is 4.90 Å². The number of hydrogen-bond donors (Lipinski definition) is 0. The lowest BCUT2D eigenvalue weighted by atomic mass is 9.90. The minimum absolute atomic E-state index is 0.612. The molecule has 2 fully saturated rings. The standard InChI is InChI=1S/C12H18N4/c1-15(2)12-6-13-5-11(14-12)10-8-16-4-3-9(10)7-16/h5-6,9-10H,3-4,7-8H2,1-2H3/t9?,10-/m0/s1. The van der Waals surface area contributed by atoms with Crippen LogP contribution in [0.5, 0.6) is 0 Å². The number of piperidine rings is 1. The molecule has 0 radical (unpaired) electrons. The molecule has 2 saturated heterocycles. The second-order valence-corrected chi connectivity index (χ2v) is 5.11. The molecule has 3 heterocycles. The Morgan fingerprint density at radius 1 is 1.31 bits per heavy atom. The number of anilines is 1. The van der Waals surface area contributed by atoms with Crippen LogP contribution in [0.15, 0.2) is 12.4 Å². The second kappa shape index (κ2) is 3.70. The highest BCUT2D eigenvalue weighted by molar-refractivity contribution is 5.34. The fraction of sp³-hybridized carbons (Fsp3) is 0.667. The highest BCUT2D eigenvalue weighted by atomic mass is 15.2. The summed E-state index contributed by atoms with van der Waals surface area (Å²) < 4.78 is 0. The van der Waals surface area contributed by atoms with Gasteiger partial charge in [-0.25, -0.2) is 4.98 Å². The Balaban J connectivity index is 1.86. The summed E-state index contributed by atoms with van der Waals surface area (Å²) in [6.07, 6.45) is 5.11. The lowest BCUT2D eigenvalue weighted by Crippen LogP contribution is -2.23. The van der Waals surface area contributed by atoms with Crippen LogP contribution in [0.25, 0.3) is 0 Å². The van der Waals surface area contributed by atoms with Gasteiger partial charge in [-0.3, -0.25) is 4.98 Å². The van der Waals surface area contributed by atoms with Crippen molar-refractivity contribution in [3.05, 3.63) is 18.1 Å². The van der Waals surface area contributed by atoms with Crippen molar-refractivity contribution >= 4 is 5.82 Å². The van der Waals surface area contributed by atoms with E-state index < -0.39 is 0 Å². The number of fused-ring (bicyclic) bond motifs is 2. The molecule has 1 aromatic heterocycles. The predicted molar refractivity (Wildman–Crippen MR) is 63.6 cm³/mol. The summed E-state index contributed by atoms with van der Waals surface area (Å²) in [5.41, 5.74) is 1.18. The SMILES string of the molecule is CN(C)c1cncc([C@H]2CN3CCC2C3)n1. The van der Waals surface area contributed by atoms with Crippen LogP contribution in [0.3, 0.4) is 0 Å². The van der Waals surface area contributed by atoms with E-state index in [2.05, 4.69) is 9.88 Å². The molecule has 2 unspecified atom stereocenters. The van der Waals surface area contributed by atoms with E-state index in [4.69, 9.17) is 4.98 Å². The summed E-state index contributed by atoms with van der Waals surface area (Å²) >= 11 is 0. The zero-order valence-corrected chi connectivity index (χ0v) is 9.93. The number of nitrogens with zero attached hydrogens (tertiary/aromatic N) is 4. The van der Waals surface area contributed by atoms with Crippen molar-refractivity contribution in [1.29, 1.82) is 0 Å². The van der Waals surface area contributed by atoms with Gasteiger partial charge in [0.1, 0.15) is 5.82 Å². The Morgan fingerprint density at radius 3 is 2.81 bits per heavy atom. The maximum Gasteiger partial charge on any atom is 0.146 e. The van der Waals surface area contributed by atoms with E-state index in [0.717, 1.165) is 11.7 Å². The molecule has 3 rings (SSSR count). The van der Waals surface area contributed by atoms with Crippen LogP contribution in [-0.2, 0) is 0 Å². The Morgan fingerprint density at radius 2 is 2.19 bits per heavy atom. The molecule has 0 aromatic carbocycles. The molecule has 86 valence electrons. The van der Waals surface area contributed by atoms with Crippen LogP contribution >= 0.6 is 0 Å². The first kappa shape index (κ1) is 10.0. The van der Waals surface area contributed by atoms with E-state index >= 15 is 0 Å². The Kier molecular flexibility index (Phi) is 2.32. The number of rotatable bonds is 2. The normalized spacial score (nSPS) is 32.0. The molecule has 0 amide bonds. The zero-order valence-electron chi connectivity index (χ0n) is 9.93. The largest absolute Gasteiger partial charge is 0.361 e. The Bertz CT molecular complexity index is 390. The van der Waals surface area contributed by atoms with E-state index in [1.54, 1.807) is 0 Å². The van der Waals surface area contributed by atoms with E-state index in [1.807, 2.05) is 31.4 Å². The average Bonchev–Trinajstić information content (AvgIpc) is 2.91. The van der Waals surface area contributed by atoms with Gasteiger partial charge in [0.2, 0.25) is 0 Å². The highest BCUT2D eigenvalue weighted by Crippen LogP contribution is 2.38. The molecule has 3 atom stereocenters. The first-order valence-corrected chi connectivity index (χ1v) is 5.95. The van der Waals surface area contributed by atoms with Gasteiger partial charge in [-0.1, -0.05) is 0 Å². The molecule has 0 spiro atoms. The molecule has 2 bridgehead atoms. The van der Waals surface area contributed by atoms with E-state index in [9.17, 15) is 0 Å². The van der Waals surface area contributed by atoms with Crippen LogP contribution in [-0.4, -0.2) is 48.6 Å². The number of aromatic nitrogens is 2. The quantitative estimate of drug-likeness (QED) is 0.740. The molecule has 0 saturated carbocycles. The lowest BCUT2D eigenvalue weighted by molar-refractivity contribution is 0.343. The average molecular weight is 218 g/mol. The fourth-order valence-electron chi connectivity index (χ4n) is 2.88. The maximum absolute atomic E-state index is 4.71. The van der Waals surface area contributed by atoms with Gasteiger partial charge < -0.3 is 9.80 Å². The molecular weight excluding hydrogens is 200 g/mol. The summed E-state index contributed by atoms with van der Waals surface area (Å²) in [6.45, 7) is 3.72. The van der Waals surface area contributed by atoms with Crippen molar-refractivity contribution < 1.29 is 0 Å². The van der Waals surface area contributed by atoms with Crippen molar-refractivity contribution in [3.8, 4) is 0 Å². The molecule has 4 nitrogen and oxygen atoms in total. The highest BCUT2D eigenvalue weighted by Gasteiger charge is 2.39. The van der Waals surface area contributed by atoms with Gasteiger partial charge in [-0.05, 0) is 18.9 Å². The minimum atomic E-state index is 0.612. The topological polar surface area (TPSA) is 32.3 Å². The molecular formula is C12H18N4. The van der Waals surface area contributed by atoms with Crippen LogP contribution in [0, 0.1) is 5.92 Å². The van der Waals surface area contributed by atoms with Crippen molar-refractivity contribution in [1.82, 2.24) is 14.9 Å². The zero-order chi connectivity index (χ0) is 11.1. The molecule has 2 aliphatic rings. The Labute approximate surface area is 96.3 Å². The van der Waals surface area contributed by atoms with Crippen molar-refractivity contribution in [2.45, 2.75) is 12.3 Å². The molecule has 0 N–H and O–H groups in total. The molecule has 1 aromatic rings. The van der Waals surface area contributed by atoms with Crippen LogP contribution in [0.4, 0.5) is 5.82 Å². The maximum atomic E-state index is 4.71. The van der Waals surface area contributed by atoms with Crippen molar-refractivity contribution in [2.75, 3.05) is 38.6 Å². The van der Waals surface area contributed by atoms with Gasteiger partial charge >= 0.3 is 0 Å². The van der Waals surface area contributed by atoms with Gasteiger partial charge in [0.15, 0.2) is 0 Å². The lowest BCUT2D eigenvalue weighted by Gasteiger charge is -2.22. The molecule has 2 aliphatic heterocycles. The third-order valence-electron chi connectivity index (χ3n) is 3.81. The first-order valence-electron chi connectivity index (χ1n) is 5.95. The minimum Gasteiger partial charge on any atom is -0.361 e. The van der Waals surface area contributed by atoms with Gasteiger partial charge in [-0.2, -0.15) is 0 Å². The van der Waals surface area contributed by atoms with Gasteiger partial charge in [0, 0.05) is 39.3 Å².